The summed E-state index contributed by atoms with van der Waals surface area (Å²) in [5, 5.41) is 0. The zero-order valence-electron chi connectivity index (χ0n) is 11.2. The first-order valence-electron chi connectivity index (χ1n) is 5.47. The molecule has 0 bridgehead atoms. The minimum atomic E-state index is -4.68. The van der Waals surface area contributed by atoms with Gasteiger partial charge in [0.15, 0.2) is 19.8 Å². The van der Waals surface area contributed by atoms with Crippen LogP contribution >= 0.6 is 0 Å². The molecule has 0 fully saturated rings. The van der Waals surface area contributed by atoms with Crippen LogP contribution in [0.25, 0.3) is 0 Å². The van der Waals surface area contributed by atoms with Gasteiger partial charge in [-0.05, 0) is 20.8 Å². The van der Waals surface area contributed by atoms with Gasteiger partial charge in [0.05, 0.1) is 5.41 Å². The lowest BCUT2D eigenvalue weighted by atomic mass is 9.97. The number of hydrogen-bond acceptors (Lipinski definition) is 6. The van der Waals surface area contributed by atoms with E-state index >= 15 is 0 Å². The molecule has 0 aromatic carbocycles. The maximum absolute atomic E-state index is 11.7. The quantitative estimate of drug-likeness (QED) is 0.721. The molecule has 0 N–H and O–H groups in total. The normalized spacial score (nSPS) is 11.7. The lowest BCUT2D eigenvalue weighted by Gasteiger charge is -2.15. The standard InChI is InChI=1S/C11H15F3O6/c1-10(2,3)8(16)18-4-7(15)5-19-9(17)20-6-11(12,13)14/h4-6H2,1-3H3. The fraction of sp³-hybridized carbons (Fsp3) is 0.727. The molecule has 0 unspecified atom stereocenters. The van der Waals surface area contributed by atoms with E-state index in [4.69, 9.17) is 0 Å². The lowest BCUT2D eigenvalue weighted by Crippen LogP contribution is -2.28. The molecule has 9 heteroatoms. The van der Waals surface area contributed by atoms with Gasteiger partial charge in [-0.1, -0.05) is 0 Å². The minimum Gasteiger partial charge on any atom is -0.457 e. The number of rotatable bonds is 5. The highest BCUT2D eigenvalue weighted by Crippen LogP contribution is 2.15. The Morgan fingerprint density at radius 2 is 1.40 bits per heavy atom. The van der Waals surface area contributed by atoms with Crippen LogP contribution in [-0.4, -0.2) is 43.9 Å². The molecule has 6 nitrogen and oxygen atoms in total. The van der Waals surface area contributed by atoms with Crippen molar-refractivity contribution in [2.75, 3.05) is 19.8 Å². The van der Waals surface area contributed by atoms with Crippen molar-refractivity contribution in [1.82, 2.24) is 0 Å². The van der Waals surface area contributed by atoms with Gasteiger partial charge in [0.25, 0.3) is 0 Å². The summed E-state index contributed by atoms with van der Waals surface area (Å²) in [4.78, 5) is 33.1. The predicted octanol–water partition coefficient (Wildman–Crippen LogP) is 1.86. The van der Waals surface area contributed by atoms with Gasteiger partial charge in [-0.2, -0.15) is 13.2 Å². The van der Waals surface area contributed by atoms with E-state index in [0.717, 1.165) is 0 Å². The molecule has 0 aliphatic rings. The summed E-state index contributed by atoms with van der Waals surface area (Å²) < 4.78 is 47.5. The first-order chi connectivity index (χ1) is 8.92. The molecule has 0 spiro atoms. The molecule has 0 aliphatic carbocycles. The van der Waals surface area contributed by atoms with Crippen LogP contribution in [0, 0.1) is 5.41 Å². The van der Waals surface area contributed by atoms with Crippen molar-refractivity contribution in [3.63, 3.8) is 0 Å². The predicted molar refractivity (Wildman–Crippen MR) is 58.8 cm³/mol. The maximum Gasteiger partial charge on any atom is 0.509 e. The smallest absolute Gasteiger partial charge is 0.457 e. The molecular formula is C11H15F3O6. The fourth-order valence-electron chi connectivity index (χ4n) is 0.726. The molecule has 0 heterocycles. The van der Waals surface area contributed by atoms with Crippen molar-refractivity contribution in [2.24, 2.45) is 5.41 Å². The van der Waals surface area contributed by atoms with Crippen molar-refractivity contribution < 1.29 is 41.8 Å². The van der Waals surface area contributed by atoms with Crippen molar-refractivity contribution in [1.29, 1.82) is 0 Å². The first-order valence-corrected chi connectivity index (χ1v) is 5.47. The van der Waals surface area contributed by atoms with Crippen LogP contribution in [0.2, 0.25) is 0 Å². The number of halogens is 3. The summed E-state index contributed by atoms with van der Waals surface area (Å²) in [5.74, 6) is -1.42. The second-order valence-electron chi connectivity index (χ2n) is 4.81. The zero-order valence-corrected chi connectivity index (χ0v) is 11.2. The lowest BCUT2D eigenvalue weighted by molar-refractivity contribution is -0.166. The Morgan fingerprint density at radius 3 is 1.85 bits per heavy atom. The van der Waals surface area contributed by atoms with E-state index in [2.05, 4.69) is 14.2 Å². The van der Waals surface area contributed by atoms with Gasteiger partial charge in [-0.3, -0.25) is 9.59 Å². The highest BCUT2D eigenvalue weighted by Gasteiger charge is 2.30. The van der Waals surface area contributed by atoms with Gasteiger partial charge in [-0.25, -0.2) is 4.79 Å². The van der Waals surface area contributed by atoms with E-state index in [1.54, 1.807) is 20.8 Å². The molecule has 20 heavy (non-hydrogen) atoms. The number of esters is 1. The molecule has 116 valence electrons. The van der Waals surface area contributed by atoms with Crippen molar-refractivity contribution in [3.05, 3.63) is 0 Å². The van der Waals surface area contributed by atoms with Gasteiger partial charge < -0.3 is 14.2 Å². The molecule has 0 saturated carbocycles. The molecule has 0 atom stereocenters. The molecule has 0 aromatic heterocycles. The van der Waals surface area contributed by atoms with Gasteiger partial charge >= 0.3 is 18.3 Å². The number of alkyl halides is 3. The second kappa shape index (κ2) is 7.11. The van der Waals surface area contributed by atoms with E-state index in [9.17, 15) is 27.6 Å². The molecule has 0 rings (SSSR count). The summed E-state index contributed by atoms with van der Waals surface area (Å²) in [6, 6.07) is 0. The topological polar surface area (TPSA) is 78.9 Å². The van der Waals surface area contributed by atoms with Gasteiger partial charge in [-0.15, -0.1) is 0 Å². The van der Waals surface area contributed by atoms with E-state index in [0.29, 0.717) is 0 Å². The van der Waals surface area contributed by atoms with Crippen molar-refractivity contribution in [2.45, 2.75) is 26.9 Å². The summed E-state index contributed by atoms with van der Waals surface area (Å²) in [6.07, 6.45) is -6.30. The van der Waals surface area contributed by atoms with Crippen LogP contribution in [0.5, 0.6) is 0 Å². The Hall–Kier alpha value is -1.80. The Labute approximate surface area is 113 Å². The van der Waals surface area contributed by atoms with E-state index in [1.807, 2.05) is 0 Å². The first kappa shape index (κ1) is 18.2. The Morgan fingerprint density at radius 1 is 0.900 bits per heavy atom. The highest BCUT2D eigenvalue weighted by molar-refractivity contribution is 5.85. The van der Waals surface area contributed by atoms with Crippen LogP contribution in [0.15, 0.2) is 0 Å². The second-order valence-corrected chi connectivity index (χ2v) is 4.81. The third kappa shape index (κ3) is 9.17. The molecule has 0 amide bonds. The van der Waals surface area contributed by atoms with E-state index in [1.165, 1.54) is 0 Å². The minimum absolute atomic E-state index is 0.634. The Kier molecular flexibility index (Phi) is 6.47. The monoisotopic (exact) mass is 300 g/mol. The number of hydrogen-bond donors (Lipinski definition) is 0. The average Bonchev–Trinajstić information content (AvgIpc) is 2.28. The Balaban J connectivity index is 3.89. The van der Waals surface area contributed by atoms with Gasteiger partial charge in [0.1, 0.15) is 0 Å². The number of carbonyl (C=O) groups excluding carboxylic acids is 3. The van der Waals surface area contributed by atoms with Gasteiger partial charge in [0, 0.05) is 0 Å². The SMILES string of the molecule is CC(C)(C)C(=O)OCC(=O)COC(=O)OCC(F)(F)F. The number of Topliss-reactive ketones (excluding diaryl/α,β-unsaturated/α-hetero) is 1. The van der Waals surface area contributed by atoms with E-state index in [-0.39, 0.29) is 0 Å². The van der Waals surface area contributed by atoms with E-state index < -0.39 is 49.3 Å². The molecule has 0 radical (unpaired) electrons. The molecule has 0 aliphatic heterocycles. The summed E-state index contributed by atoms with van der Waals surface area (Å²) >= 11 is 0. The van der Waals surface area contributed by atoms with Crippen LogP contribution in [-0.2, 0) is 23.8 Å². The number of carbonyl (C=O) groups is 3. The van der Waals surface area contributed by atoms with Crippen LogP contribution in [0.3, 0.4) is 0 Å². The summed E-state index contributed by atoms with van der Waals surface area (Å²) in [7, 11) is 0. The highest BCUT2D eigenvalue weighted by atomic mass is 19.4. The average molecular weight is 300 g/mol. The summed E-state index contributed by atoms with van der Waals surface area (Å²) in [6.45, 7) is 1.44. The maximum atomic E-state index is 11.7. The number of ether oxygens (including phenoxy) is 3. The van der Waals surface area contributed by atoms with Crippen LogP contribution in [0.4, 0.5) is 18.0 Å². The van der Waals surface area contributed by atoms with Crippen molar-refractivity contribution >= 4 is 17.9 Å². The molecule has 0 saturated heterocycles. The number of ketones is 1. The third-order valence-electron chi connectivity index (χ3n) is 1.68. The van der Waals surface area contributed by atoms with Crippen molar-refractivity contribution in [3.8, 4) is 0 Å². The zero-order chi connectivity index (χ0) is 16.0. The fourth-order valence-corrected chi connectivity index (χ4v) is 0.726. The van der Waals surface area contributed by atoms with Crippen LogP contribution in [0.1, 0.15) is 20.8 Å². The largest absolute Gasteiger partial charge is 0.509 e. The Bertz CT molecular complexity index is 369. The van der Waals surface area contributed by atoms with Crippen LogP contribution < -0.4 is 0 Å². The summed E-state index contributed by atoms with van der Waals surface area (Å²) in [5.41, 5.74) is -0.799. The third-order valence-corrected chi connectivity index (χ3v) is 1.68. The molecular weight excluding hydrogens is 285 g/mol. The molecule has 0 aromatic rings. The van der Waals surface area contributed by atoms with Gasteiger partial charge in [0.2, 0.25) is 5.78 Å².